The van der Waals surface area contributed by atoms with Gasteiger partial charge in [-0.15, -0.1) is 0 Å². The molecule has 1 heterocycles. The maximum absolute atomic E-state index is 11.2. The van der Waals surface area contributed by atoms with Gasteiger partial charge in [0, 0.05) is 0 Å². The van der Waals surface area contributed by atoms with Crippen LogP contribution >= 0.6 is 0 Å². The molecule has 0 spiro atoms. The summed E-state index contributed by atoms with van der Waals surface area (Å²) in [6.07, 6.45) is 0. The second kappa shape index (κ2) is 6.00. The summed E-state index contributed by atoms with van der Waals surface area (Å²) in [5.41, 5.74) is 3.09. The van der Waals surface area contributed by atoms with E-state index in [1.807, 2.05) is 35.8 Å². The fourth-order valence-electron chi connectivity index (χ4n) is 1.49. The van der Waals surface area contributed by atoms with Crippen LogP contribution in [0.25, 0.3) is 0 Å². The van der Waals surface area contributed by atoms with E-state index in [2.05, 4.69) is 0 Å². The number of nitrogens with one attached hydrogen (secondary N) is 1. The third-order valence-electron chi connectivity index (χ3n) is 2.37. The minimum absolute atomic E-state index is 0.177. The fourth-order valence-corrected chi connectivity index (χ4v) is 1.49. The van der Waals surface area contributed by atoms with Crippen LogP contribution in [-0.2, 0) is 18.0 Å². The van der Waals surface area contributed by atoms with E-state index in [1.54, 1.807) is 12.1 Å². The van der Waals surface area contributed by atoms with Crippen molar-refractivity contribution in [3.8, 4) is 0 Å². The number of hydrogen-bond acceptors (Lipinski definition) is 4. The van der Waals surface area contributed by atoms with E-state index >= 15 is 0 Å². The molecule has 0 aliphatic rings. The molecule has 5 heteroatoms. The first-order valence-corrected chi connectivity index (χ1v) is 5.51. The van der Waals surface area contributed by atoms with Gasteiger partial charge in [-0.05, 0) is 17.7 Å². The van der Waals surface area contributed by atoms with Crippen molar-refractivity contribution < 1.29 is 13.9 Å². The molecule has 1 aromatic heterocycles. The van der Waals surface area contributed by atoms with E-state index < -0.39 is 5.91 Å². The molecule has 94 valence electrons. The number of nitrogens with two attached hydrogens (primary N) is 1. The van der Waals surface area contributed by atoms with Crippen LogP contribution in [0.2, 0.25) is 0 Å². The molecule has 5 nitrogen and oxygen atoms in total. The monoisotopic (exact) mass is 246 g/mol. The fraction of sp³-hybridized carbons (Fsp3) is 0.154. The topological polar surface area (TPSA) is 77.5 Å². The van der Waals surface area contributed by atoms with Crippen LogP contribution in [0.5, 0.6) is 0 Å². The number of carbonyl (C=O) groups is 1. The Labute approximate surface area is 105 Å². The van der Waals surface area contributed by atoms with Crippen molar-refractivity contribution >= 4 is 5.91 Å². The Balaban J connectivity index is 1.84. The zero-order chi connectivity index (χ0) is 12.8. The van der Waals surface area contributed by atoms with Gasteiger partial charge in [-0.25, -0.2) is 5.84 Å². The van der Waals surface area contributed by atoms with Crippen LogP contribution < -0.4 is 11.3 Å². The summed E-state index contributed by atoms with van der Waals surface area (Å²) < 4.78 is 10.7. The van der Waals surface area contributed by atoms with Gasteiger partial charge >= 0.3 is 5.91 Å². The number of benzene rings is 1. The zero-order valence-corrected chi connectivity index (χ0v) is 9.76. The van der Waals surface area contributed by atoms with Gasteiger partial charge in [-0.3, -0.25) is 10.2 Å². The number of rotatable bonds is 5. The summed E-state index contributed by atoms with van der Waals surface area (Å²) in [7, 11) is 0. The van der Waals surface area contributed by atoms with E-state index in [0.717, 1.165) is 5.56 Å². The predicted molar refractivity (Wildman–Crippen MR) is 65.3 cm³/mol. The molecule has 0 radical (unpaired) electrons. The molecule has 0 bridgehead atoms. The lowest BCUT2D eigenvalue weighted by Crippen LogP contribution is -2.29. The molecule has 18 heavy (non-hydrogen) atoms. The minimum atomic E-state index is -0.454. The van der Waals surface area contributed by atoms with Gasteiger partial charge in [0.15, 0.2) is 5.76 Å². The van der Waals surface area contributed by atoms with Gasteiger partial charge < -0.3 is 9.15 Å². The number of carbonyl (C=O) groups excluding carboxylic acids is 1. The van der Waals surface area contributed by atoms with E-state index in [1.165, 1.54) is 0 Å². The molecule has 2 aromatic rings. The van der Waals surface area contributed by atoms with Crippen LogP contribution in [0.3, 0.4) is 0 Å². The Morgan fingerprint density at radius 3 is 2.67 bits per heavy atom. The second-order valence-electron chi connectivity index (χ2n) is 3.72. The third-order valence-corrected chi connectivity index (χ3v) is 2.37. The van der Waals surface area contributed by atoms with Crippen molar-refractivity contribution in [2.24, 2.45) is 5.84 Å². The average Bonchev–Trinajstić information content (AvgIpc) is 2.88. The standard InChI is InChI=1S/C13H14N2O3/c14-15-13(16)12-7-6-11(18-12)9-17-8-10-4-2-1-3-5-10/h1-7H,8-9,14H2,(H,15,16). The summed E-state index contributed by atoms with van der Waals surface area (Å²) in [6.45, 7) is 0.812. The lowest BCUT2D eigenvalue weighted by atomic mass is 10.2. The SMILES string of the molecule is NNC(=O)c1ccc(COCc2ccccc2)o1. The Morgan fingerprint density at radius 1 is 1.17 bits per heavy atom. The third kappa shape index (κ3) is 3.19. The highest BCUT2D eigenvalue weighted by atomic mass is 16.5. The Morgan fingerprint density at radius 2 is 1.94 bits per heavy atom. The number of furan rings is 1. The van der Waals surface area contributed by atoms with Gasteiger partial charge in [0.25, 0.3) is 0 Å². The summed E-state index contributed by atoms with van der Waals surface area (Å²) in [4.78, 5) is 11.2. The molecule has 1 amide bonds. The number of hydrogen-bond donors (Lipinski definition) is 2. The number of ether oxygens (including phenoxy) is 1. The zero-order valence-electron chi connectivity index (χ0n) is 9.76. The highest BCUT2D eigenvalue weighted by Crippen LogP contribution is 2.10. The van der Waals surface area contributed by atoms with Crippen molar-refractivity contribution in [2.45, 2.75) is 13.2 Å². The van der Waals surface area contributed by atoms with Gasteiger partial charge in [-0.1, -0.05) is 30.3 Å². The van der Waals surface area contributed by atoms with Gasteiger partial charge in [-0.2, -0.15) is 0 Å². The largest absolute Gasteiger partial charge is 0.453 e. The van der Waals surface area contributed by atoms with Crippen molar-refractivity contribution in [1.29, 1.82) is 0 Å². The van der Waals surface area contributed by atoms with Crippen LogP contribution in [-0.4, -0.2) is 5.91 Å². The Kier molecular flexibility index (Phi) is 4.11. The number of amides is 1. The highest BCUT2D eigenvalue weighted by Gasteiger charge is 2.09. The first kappa shape index (κ1) is 12.3. The summed E-state index contributed by atoms with van der Waals surface area (Å²) in [5, 5.41) is 0. The van der Waals surface area contributed by atoms with Crippen molar-refractivity contribution in [3.63, 3.8) is 0 Å². The first-order valence-electron chi connectivity index (χ1n) is 5.51. The van der Waals surface area contributed by atoms with E-state index in [-0.39, 0.29) is 5.76 Å². The highest BCUT2D eigenvalue weighted by molar-refractivity contribution is 5.90. The molecule has 2 rings (SSSR count). The lowest BCUT2D eigenvalue weighted by Gasteiger charge is -2.02. The van der Waals surface area contributed by atoms with E-state index in [9.17, 15) is 4.79 Å². The number of nitrogen functional groups attached to an aromatic ring is 1. The van der Waals surface area contributed by atoms with Gasteiger partial charge in [0.05, 0.1) is 6.61 Å². The van der Waals surface area contributed by atoms with Gasteiger partial charge in [0.1, 0.15) is 12.4 Å². The normalized spacial score (nSPS) is 10.3. The molecule has 0 fully saturated rings. The second-order valence-corrected chi connectivity index (χ2v) is 3.72. The first-order chi connectivity index (χ1) is 8.79. The van der Waals surface area contributed by atoms with E-state index in [0.29, 0.717) is 19.0 Å². The minimum Gasteiger partial charge on any atom is -0.453 e. The maximum Gasteiger partial charge on any atom is 0.300 e. The molecule has 0 aliphatic carbocycles. The Bertz CT molecular complexity index is 508. The van der Waals surface area contributed by atoms with Crippen LogP contribution in [0.1, 0.15) is 21.9 Å². The molecule has 1 aromatic carbocycles. The lowest BCUT2D eigenvalue weighted by molar-refractivity contribution is 0.0856. The molecular formula is C13H14N2O3. The summed E-state index contributed by atoms with van der Waals surface area (Å²) >= 11 is 0. The Hall–Kier alpha value is -2.11. The smallest absolute Gasteiger partial charge is 0.300 e. The molecular weight excluding hydrogens is 232 g/mol. The summed E-state index contributed by atoms with van der Waals surface area (Å²) in [6, 6.07) is 13.1. The number of hydrazine groups is 1. The molecule has 0 aliphatic heterocycles. The average molecular weight is 246 g/mol. The quantitative estimate of drug-likeness (QED) is 0.477. The van der Waals surface area contributed by atoms with E-state index in [4.69, 9.17) is 15.0 Å². The summed E-state index contributed by atoms with van der Waals surface area (Å²) in [5.74, 6) is 5.31. The predicted octanol–water partition coefficient (Wildman–Crippen LogP) is 1.60. The van der Waals surface area contributed by atoms with Crippen molar-refractivity contribution in [1.82, 2.24) is 5.43 Å². The molecule has 3 N–H and O–H groups in total. The van der Waals surface area contributed by atoms with Crippen LogP contribution in [0.15, 0.2) is 46.9 Å². The molecule has 0 atom stereocenters. The maximum atomic E-state index is 11.2. The van der Waals surface area contributed by atoms with Gasteiger partial charge in [0.2, 0.25) is 0 Å². The molecule has 0 unspecified atom stereocenters. The molecule has 0 saturated carbocycles. The van der Waals surface area contributed by atoms with Crippen LogP contribution in [0.4, 0.5) is 0 Å². The van der Waals surface area contributed by atoms with Crippen molar-refractivity contribution in [3.05, 3.63) is 59.5 Å². The molecule has 0 saturated heterocycles. The van der Waals surface area contributed by atoms with Crippen LogP contribution in [0, 0.1) is 0 Å². The van der Waals surface area contributed by atoms with Crippen molar-refractivity contribution in [2.75, 3.05) is 0 Å².